The maximum Gasteiger partial charge on any atom is 0.312 e. The fourth-order valence-electron chi connectivity index (χ4n) is 2.84. The van der Waals surface area contributed by atoms with E-state index in [1.807, 2.05) is 24.3 Å². The number of hydrogen-bond acceptors (Lipinski definition) is 4. The van der Waals surface area contributed by atoms with Gasteiger partial charge in [0, 0.05) is 6.54 Å². The van der Waals surface area contributed by atoms with Gasteiger partial charge in [-0.1, -0.05) is 12.1 Å². The Balaban J connectivity index is 1.83. The Labute approximate surface area is 132 Å². The van der Waals surface area contributed by atoms with Crippen LogP contribution in [0.5, 0.6) is 0 Å². The highest BCUT2D eigenvalue weighted by atomic mass is 32.1. The van der Waals surface area contributed by atoms with Gasteiger partial charge in [-0.25, -0.2) is 9.78 Å². The van der Waals surface area contributed by atoms with E-state index in [0.29, 0.717) is 6.54 Å². The van der Waals surface area contributed by atoms with Gasteiger partial charge in [0.15, 0.2) is 0 Å². The molecule has 1 fully saturated rings. The van der Waals surface area contributed by atoms with Gasteiger partial charge >= 0.3 is 6.03 Å². The van der Waals surface area contributed by atoms with E-state index in [4.69, 9.17) is 5.73 Å². The first kappa shape index (κ1) is 14.8. The summed E-state index contributed by atoms with van der Waals surface area (Å²) in [5.74, 6) is -0.111. The Hall–Kier alpha value is -2.15. The van der Waals surface area contributed by atoms with Crippen molar-refractivity contribution < 1.29 is 9.59 Å². The van der Waals surface area contributed by atoms with Crippen LogP contribution in [0.15, 0.2) is 24.3 Å². The summed E-state index contributed by atoms with van der Waals surface area (Å²) >= 11 is 1.62. The van der Waals surface area contributed by atoms with Crippen LogP contribution < -0.4 is 11.1 Å². The normalized spacial score (nSPS) is 19.3. The van der Waals surface area contributed by atoms with Crippen LogP contribution in [-0.4, -0.2) is 34.4 Å². The van der Waals surface area contributed by atoms with Crippen LogP contribution in [0.25, 0.3) is 10.2 Å². The molecule has 3 rings (SSSR count). The van der Waals surface area contributed by atoms with Gasteiger partial charge in [0.05, 0.1) is 16.3 Å². The lowest BCUT2D eigenvalue weighted by Crippen LogP contribution is -2.48. The number of carbonyl (C=O) groups excluding carboxylic acids is 2. The number of para-hydroxylation sites is 1. The summed E-state index contributed by atoms with van der Waals surface area (Å²) < 4.78 is 1.13. The molecular weight excluding hydrogens is 300 g/mol. The predicted molar refractivity (Wildman–Crippen MR) is 85.5 cm³/mol. The van der Waals surface area contributed by atoms with Crippen molar-refractivity contribution in [2.24, 2.45) is 5.73 Å². The molecule has 0 radical (unpaired) electrons. The molecule has 2 atom stereocenters. The molecule has 22 heavy (non-hydrogen) atoms. The van der Waals surface area contributed by atoms with E-state index in [-0.39, 0.29) is 11.9 Å². The van der Waals surface area contributed by atoms with Crippen molar-refractivity contribution in [1.29, 1.82) is 0 Å². The number of aromatic nitrogens is 1. The van der Waals surface area contributed by atoms with Crippen molar-refractivity contribution in [3.05, 3.63) is 29.3 Å². The minimum atomic E-state index is -0.684. The Morgan fingerprint density at radius 2 is 2.23 bits per heavy atom. The smallest absolute Gasteiger partial charge is 0.312 e. The molecule has 1 aromatic heterocycles. The van der Waals surface area contributed by atoms with Crippen molar-refractivity contribution in [2.45, 2.75) is 31.8 Å². The van der Waals surface area contributed by atoms with Gasteiger partial charge in [-0.05, 0) is 31.9 Å². The molecule has 0 spiro atoms. The molecule has 1 aromatic carbocycles. The highest BCUT2D eigenvalue weighted by molar-refractivity contribution is 7.18. The standard InChI is InChI=1S/C15H18N4O2S/c1-9(17-15(16)21)14(20)19-8-4-6-11(19)13-18-10-5-2-3-7-12(10)22-13/h2-3,5,7,9,11H,4,6,8H2,1H3,(H3,16,17,21)/t9-,11+/m0/s1. The molecule has 116 valence electrons. The van der Waals surface area contributed by atoms with Crippen LogP contribution in [-0.2, 0) is 4.79 Å². The number of nitrogens with two attached hydrogens (primary N) is 1. The molecule has 3 N–H and O–H groups in total. The van der Waals surface area contributed by atoms with Crippen LogP contribution in [0.4, 0.5) is 4.79 Å². The molecule has 1 saturated heterocycles. The molecular formula is C15H18N4O2S. The number of hydrogen-bond donors (Lipinski definition) is 2. The number of nitrogens with one attached hydrogen (secondary N) is 1. The summed E-state index contributed by atoms with van der Waals surface area (Å²) in [6.45, 7) is 2.34. The van der Waals surface area contributed by atoms with Gasteiger partial charge in [-0.3, -0.25) is 4.79 Å². The molecule has 2 aromatic rings. The van der Waals surface area contributed by atoms with Crippen molar-refractivity contribution >= 4 is 33.5 Å². The lowest BCUT2D eigenvalue weighted by molar-refractivity contribution is -0.133. The average molecular weight is 318 g/mol. The zero-order valence-electron chi connectivity index (χ0n) is 12.3. The second-order valence-electron chi connectivity index (χ2n) is 5.44. The molecule has 6 nitrogen and oxygen atoms in total. The minimum absolute atomic E-state index is 0.0120. The number of carbonyl (C=O) groups is 2. The third-order valence-corrected chi connectivity index (χ3v) is 5.00. The Bertz CT molecular complexity index is 681. The van der Waals surface area contributed by atoms with Crippen molar-refractivity contribution in [2.75, 3.05) is 6.54 Å². The lowest BCUT2D eigenvalue weighted by atomic mass is 10.2. The molecule has 7 heteroatoms. The quantitative estimate of drug-likeness (QED) is 0.907. The van der Waals surface area contributed by atoms with Gasteiger partial charge in [0.1, 0.15) is 11.0 Å². The number of urea groups is 1. The molecule has 2 heterocycles. The molecule has 0 unspecified atom stereocenters. The number of nitrogens with zero attached hydrogens (tertiary/aromatic N) is 2. The number of likely N-dealkylation sites (tertiary alicyclic amines) is 1. The number of amides is 3. The number of rotatable bonds is 3. The third kappa shape index (κ3) is 2.76. The largest absolute Gasteiger partial charge is 0.352 e. The molecule has 0 saturated carbocycles. The van der Waals surface area contributed by atoms with E-state index < -0.39 is 12.1 Å². The van der Waals surface area contributed by atoms with E-state index >= 15 is 0 Å². The predicted octanol–water partition coefficient (Wildman–Crippen LogP) is 2.02. The van der Waals surface area contributed by atoms with E-state index in [2.05, 4.69) is 10.3 Å². The van der Waals surface area contributed by atoms with Gasteiger partial charge in [0.25, 0.3) is 0 Å². The third-order valence-electron chi connectivity index (χ3n) is 3.86. The monoisotopic (exact) mass is 318 g/mol. The summed E-state index contributed by atoms with van der Waals surface area (Å²) in [5, 5.41) is 3.41. The van der Waals surface area contributed by atoms with Crippen LogP contribution in [0.3, 0.4) is 0 Å². The van der Waals surface area contributed by atoms with E-state index in [1.165, 1.54) is 0 Å². The number of thiazole rings is 1. The zero-order chi connectivity index (χ0) is 15.7. The van der Waals surface area contributed by atoms with Crippen LogP contribution in [0, 0.1) is 0 Å². The second-order valence-corrected chi connectivity index (χ2v) is 6.50. The molecule has 1 aliphatic rings. The molecule has 3 amide bonds. The topological polar surface area (TPSA) is 88.3 Å². The highest BCUT2D eigenvalue weighted by Gasteiger charge is 2.34. The summed E-state index contributed by atoms with van der Waals surface area (Å²) in [6, 6.07) is 6.65. The van der Waals surface area contributed by atoms with Gasteiger partial charge in [-0.2, -0.15) is 0 Å². The summed E-state index contributed by atoms with van der Waals surface area (Å²) in [7, 11) is 0. The lowest BCUT2D eigenvalue weighted by Gasteiger charge is -2.26. The second kappa shape index (κ2) is 5.92. The van der Waals surface area contributed by atoms with Gasteiger partial charge in [0.2, 0.25) is 5.91 Å². The Morgan fingerprint density at radius 3 is 2.95 bits per heavy atom. The van der Waals surface area contributed by atoms with E-state index in [9.17, 15) is 9.59 Å². The Morgan fingerprint density at radius 1 is 1.45 bits per heavy atom. The van der Waals surface area contributed by atoms with Crippen LogP contribution in [0.2, 0.25) is 0 Å². The average Bonchev–Trinajstić information content (AvgIpc) is 3.11. The van der Waals surface area contributed by atoms with Crippen molar-refractivity contribution in [3.63, 3.8) is 0 Å². The number of benzene rings is 1. The fourth-order valence-corrected chi connectivity index (χ4v) is 3.96. The fraction of sp³-hybridized carbons (Fsp3) is 0.400. The first-order chi connectivity index (χ1) is 10.6. The zero-order valence-corrected chi connectivity index (χ0v) is 13.1. The van der Waals surface area contributed by atoms with Gasteiger partial charge < -0.3 is 16.0 Å². The first-order valence-corrected chi connectivity index (χ1v) is 8.10. The van der Waals surface area contributed by atoms with Crippen LogP contribution in [0.1, 0.15) is 30.8 Å². The summed E-state index contributed by atoms with van der Waals surface area (Å²) in [4.78, 5) is 29.9. The first-order valence-electron chi connectivity index (χ1n) is 7.28. The number of fused-ring (bicyclic) bond motifs is 1. The molecule has 1 aliphatic heterocycles. The SMILES string of the molecule is C[C@H](NC(N)=O)C(=O)N1CCC[C@@H]1c1nc2ccccc2s1. The van der Waals surface area contributed by atoms with E-state index in [1.54, 1.807) is 23.2 Å². The number of primary amides is 1. The summed E-state index contributed by atoms with van der Waals surface area (Å²) in [5.41, 5.74) is 6.06. The maximum atomic E-state index is 12.5. The maximum absolute atomic E-state index is 12.5. The van der Waals surface area contributed by atoms with E-state index in [0.717, 1.165) is 28.1 Å². The Kier molecular flexibility index (Phi) is 3.98. The van der Waals surface area contributed by atoms with Crippen molar-refractivity contribution in [1.82, 2.24) is 15.2 Å². The van der Waals surface area contributed by atoms with Gasteiger partial charge in [-0.15, -0.1) is 11.3 Å². The van der Waals surface area contributed by atoms with Crippen LogP contribution >= 0.6 is 11.3 Å². The molecule has 0 bridgehead atoms. The van der Waals surface area contributed by atoms with Crippen molar-refractivity contribution in [3.8, 4) is 0 Å². The highest BCUT2D eigenvalue weighted by Crippen LogP contribution is 2.36. The molecule has 0 aliphatic carbocycles. The minimum Gasteiger partial charge on any atom is -0.352 e. The summed E-state index contributed by atoms with van der Waals surface area (Å²) in [6.07, 6.45) is 1.84.